The first-order chi connectivity index (χ1) is 18.6. The van der Waals surface area contributed by atoms with Crippen LogP contribution in [-0.4, -0.2) is 86.4 Å². The van der Waals surface area contributed by atoms with Gasteiger partial charge < -0.3 is 29.9 Å². The highest BCUT2D eigenvalue weighted by molar-refractivity contribution is 7.91. The van der Waals surface area contributed by atoms with Gasteiger partial charge in [0.25, 0.3) is 0 Å². The molecule has 0 bridgehead atoms. The minimum absolute atomic E-state index is 0.00886. The molecule has 3 heterocycles. The lowest BCUT2D eigenvalue weighted by molar-refractivity contribution is -0.133. The van der Waals surface area contributed by atoms with Gasteiger partial charge in [-0.3, -0.25) is 4.79 Å². The molecule has 1 saturated heterocycles. The third-order valence-electron chi connectivity index (χ3n) is 6.61. The topological polar surface area (TPSA) is 146 Å². The first kappa shape index (κ1) is 28.9. The third-order valence-corrected chi connectivity index (χ3v) is 8.53. The molecule has 206 valence electrons. The number of pyridine rings is 1. The van der Waals surface area contributed by atoms with Crippen molar-refractivity contribution >= 4 is 52.2 Å². The van der Waals surface area contributed by atoms with Crippen molar-refractivity contribution in [2.45, 2.75) is 17.4 Å². The van der Waals surface area contributed by atoms with Crippen LogP contribution in [0.2, 0.25) is 10.0 Å². The highest BCUT2D eigenvalue weighted by Crippen LogP contribution is 2.45. The van der Waals surface area contributed by atoms with Gasteiger partial charge in [0.1, 0.15) is 0 Å². The van der Waals surface area contributed by atoms with Crippen molar-refractivity contribution in [3.63, 3.8) is 0 Å². The SMILES string of the molecule is CN1CCN(C(=O)CC2=C(C(=O)O)C(c3c(Cl)cccc3Cl)C(C(=O)O)=C(C[S+]([O-])c3ccccn3)N2)CC1. The van der Waals surface area contributed by atoms with Crippen LogP contribution in [0.5, 0.6) is 0 Å². The molecule has 39 heavy (non-hydrogen) atoms. The van der Waals surface area contributed by atoms with Crippen LogP contribution in [0.1, 0.15) is 17.9 Å². The van der Waals surface area contributed by atoms with Crippen LogP contribution in [-0.2, 0) is 25.6 Å². The first-order valence-electron chi connectivity index (χ1n) is 12.0. The second kappa shape index (κ2) is 12.4. The van der Waals surface area contributed by atoms with E-state index in [-0.39, 0.29) is 61.3 Å². The average Bonchev–Trinajstić information content (AvgIpc) is 2.89. The average molecular weight is 593 g/mol. The third kappa shape index (κ3) is 6.39. The molecule has 0 saturated carbocycles. The number of nitrogens with one attached hydrogen (secondary N) is 1. The lowest BCUT2D eigenvalue weighted by Gasteiger charge is -2.35. The molecule has 2 atom stereocenters. The van der Waals surface area contributed by atoms with Gasteiger partial charge in [0.05, 0.1) is 29.2 Å². The Morgan fingerprint density at radius 2 is 1.62 bits per heavy atom. The van der Waals surface area contributed by atoms with Gasteiger partial charge in [0.15, 0.2) is 5.75 Å². The summed E-state index contributed by atoms with van der Waals surface area (Å²) in [6, 6.07) is 9.35. The van der Waals surface area contributed by atoms with E-state index >= 15 is 0 Å². The van der Waals surface area contributed by atoms with Crippen molar-refractivity contribution in [1.29, 1.82) is 0 Å². The van der Waals surface area contributed by atoms with Gasteiger partial charge in [-0.15, -0.1) is 0 Å². The highest BCUT2D eigenvalue weighted by atomic mass is 35.5. The summed E-state index contributed by atoms with van der Waals surface area (Å²) in [6.45, 7) is 2.27. The molecule has 1 aromatic carbocycles. The lowest BCUT2D eigenvalue weighted by atomic mass is 9.79. The molecule has 4 rings (SSSR count). The number of nitrogens with zero attached hydrogens (tertiary/aromatic N) is 3. The second-order valence-electron chi connectivity index (χ2n) is 9.11. The maximum absolute atomic E-state index is 13.3. The Hall–Kier alpha value is -3.09. The molecule has 2 aliphatic heterocycles. The largest absolute Gasteiger partial charge is 0.610 e. The normalized spacial score (nSPS) is 19.1. The molecular formula is C26H26Cl2N4O6S. The van der Waals surface area contributed by atoms with Crippen molar-refractivity contribution in [3.8, 4) is 0 Å². The molecule has 2 aromatic rings. The number of halogens is 2. The maximum atomic E-state index is 13.3. The number of carbonyl (C=O) groups excluding carboxylic acids is 1. The van der Waals surface area contributed by atoms with E-state index in [0.717, 1.165) is 0 Å². The fourth-order valence-electron chi connectivity index (χ4n) is 4.65. The molecule has 0 aliphatic carbocycles. The zero-order chi connectivity index (χ0) is 28.3. The van der Waals surface area contributed by atoms with Gasteiger partial charge in [-0.05, 0) is 25.2 Å². The predicted molar refractivity (Wildman–Crippen MR) is 146 cm³/mol. The Bertz CT molecular complexity index is 1320. The quantitative estimate of drug-likeness (QED) is 0.394. The molecule has 3 N–H and O–H groups in total. The Morgan fingerprint density at radius 3 is 2.18 bits per heavy atom. The molecule has 1 aromatic heterocycles. The first-order valence-corrected chi connectivity index (χ1v) is 14.0. The second-order valence-corrected chi connectivity index (χ2v) is 11.3. The van der Waals surface area contributed by atoms with E-state index in [4.69, 9.17) is 23.2 Å². The van der Waals surface area contributed by atoms with Crippen LogP contribution in [0.25, 0.3) is 0 Å². The fourth-order valence-corrected chi connectivity index (χ4v) is 6.31. The number of likely N-dealkylation sites (N-methyl/N-ethyl adjacent to an activating group) is 1. The number of carboxylic acid groups (broad SMARTS) is 2. The monoisotopic (exact) mass is 592 g/mol. The Labute approximate surface area is 238 Å². The number of hydrogen-bond donors (Lipinski definition) is 3. The fraction of sp³-hybridized carbons (Fsp3) is 0.308. The summed E-state index contributed by atoms with van der Waals surface area (Å²) in [5.41, 5.74) is -0.688. The summed E-state index contributed by atoms with van der Waals surface area (Å²) in [5, 5.41) is 23.8. The van der Waals surface area contributed by atoms with Gasteiger partial charge in [0, 0.05) is 70.9 Å². The number of rotatable bonds is 8. The smallest absolute Gasteiger partial charge is 0.334 e. The van der Waals surface area contributed by atoms with E-state index < -0.39 is 29.0 Å². The van der Waals surface area contributed by atoms with Crippen LogP contribution in [0.15, 0.2) is 70.2 Å². The summed E-state index contributed by atoms with van der Waals surface area (Å²) in [5.74, 6) is -4.96. The molecule has 1 amide bonds. The summed E-state index contributed by atoms with van der Waals surface area (Å²) in [6.07, 6.45) is 1.12. The van der Waals surface area contributed by atoms with E-state index in [1.807, 2.05) is 7.05 Å². The molecule has 2 aliphatic rings. The number of carbonyl (C=O) groups is 3. The highest BCUT2D eigenvalue weighted by Gasteiger charge is 2.42. The number of carboxylic acids is 2. The zero-order valence-corrected chi connectivity index (χ0v) is 23.2. The van der Waals surface area contributed by atoms with Crippen LogP contribution in [0, 0.1) is 0 Å². The van der Waals surface area contributed by atoms with E-state index in [9.17, 15) is 29.1 Å². The Balaban J connectivity index is 1.84. The van der Waals surface area contributed by atoms with Crippen LogP contribution in [0.3, 0.4) is 0 Å². The molecule has 2 unspecified atom stereocenters. The van der Waals surface area contributed by atoms with Crippen LogP contribution >= 0.6 is 23.2 Å². The minimum atomic E-state index is -1.79. The van der Waals surface area contributed by atoms with Gasteiger partial charge in [-0.1, -0.05) is 35.3 Å². The van der Waals surface area contributed by atoms with E-state index in [1.165, 1.54) is 18.3 Å². The predicted octanol–water partition coefficient (Wildman–Crippen LogP) is 2.72. The molecule has 0 radical (unpaired) electrons. The maximum Gasteiger partial charge on any atom is 0.334 e. The zero-order valence-electron chi connectivity index (χ0n) is 20.9. The van der Waals surface area contributed by atoms with E-state index in [0.29, 0.717) is 26.2 Å². The number of piperazine rings is 1. The molecule has 10 nitrogen and oxygen atoms in total. The van der Waals surface area contributed by atoms with Crippen molar-refractivity contribution in [2.24, 2.45) is 0 Å². The number of benzene rings is 1. The van der Waals surface area contributed by atoms with Crippen molar-refractivity contribution < 1.29 is 29.1 Å². The number of amides is 1. The van der Waals surface area contributed by atoms with E-state index in [1.54, 1.807) is 29.2 Å². The van der Waals surface area contributed by atoms with Gasteiger partial charge in [-0.25, -0.2) is 14.6 Å². The minimum Gasteiger partial charge on any atom is -0.610 e. The van der Waals surface area contributed by atoms with Gasteiger partial charge in [0.2, 0.25) is 10.9 Å². The summed E-state index contributed by atoms with van der Waals surface area (Å²) in [4.78, 5) is 46.4. The number of dihydropyridines is 1. The summed E-state index contributed by atoms with van der Waals surface area (Å²) in [7, 11) is 1.94. The molecule has 13 heteroatoms. The molecule has 1 fully saturated rings. The Morgan fingerprint density at radius 1 is 1.00 bits per heavy atom. The standard InChI is InChI=1S/C26H26Cl2N4O6S/c1-31-9-11-32(12-10-31)20(33)13-17-22(25(34)35)24(21-15(27)5-4-6-16(21)28)23(26(36)37)18(30-17)14-39(38)19-7-2-3-8-29-19/h2-8,24,30H,9-14H2,1H3,(H,34,35)(H,36,37). The summed E-state index contributed by atoms with van der Waals surface area (Å²) < 4.78 is 13.2. The van der Waals surface area contributed by atoms with Crippen molar-refractivity contribution in [2.75, 3.05) is 39.0 Å². The van der Waals surface area contributed by atoms with E-state index in [2.05, 4.69) is 15.2 Å². The van der Waals surface area contributed by atoms with Crippen LogP contribution in [0.4, 0.5) is 0 Å². The molecule has 0 spiro atoms. The number of aliphatic carboxylic acids is 2. The number of hydrogen-bond acceptors (Lipinski definition) is 7. The van der Waals surface area contributed by atoms with Crippen molar-refractivity contribution in [3.05, 3.63) is 80.7 Å². The van der Waals surface area contributed by atoms with Gasteiger partial charge in [-0.2, -0.15) is 0 Å². The number of aromatic nitrogens is 1. The Kier molecular flexibility index (Phi) is 9.19. The lowest BCUT2D eigenvalue weighted by Crippen LogP contribution is -2.47. The van der Waals surface area contributed by atoms with Crippen molar-refractivity contribution in [1.82, 2.24) is 20.1 Å². The molecular weight excluding hydrogens is 567 g/mol. The summed E-state index contributed by atoms with van der Waals surface area (Å²) >= 11 is 11.1. The van der Waals surface area contributed by atoms with Gasteiger partial charge >= 0.3 is 11.9 Å². The van der Waals surface area contributed by atoms with Crippen LogP contribution < -0.4 is 5.32 Å².